The Morgan fingerprint density at radius 2 is 2.22 bits per heavy atom. The molecule has 0 radical (unpaired) electrons. The molecule has 1 heterocycles. The molecule has 1 aromatic rings. The standard InChI is InChI=1S/C13H19N3O2/c1-3-17-13(7-4-10(2)5-8-13)12-15-11(6-9-14)18-16-12/h10H,3-8H2,1-2H3. The molecule has 1 aliphatic rings. The van der Waals surface area contributed by atoms with Crippen molar-refractivity contribution >= 4 is 0 Å². The zero-order chi connectivity index (χ0) is 13.0. The maximum Gasteiger partial charge on any atom is 0.240 e. The third-order valence-electron chi connectivity index (χ3n) is 3.61. The van der Waals surface area contributed by atoms with Crippen molar-refractivity contribution < 1.29 is 9.26 Å². The third-order valence-corrected chi connectivity index (χ3v) is 3.61. The van der Waals surface area contributed by atoms with E-state index in [9.17, 15) is 0 Å². The Hall–Kier alpha value is -1.41. The van der Waals surface area contributed by atoms with Gasteiger partial charge in [0, 0.05) is 6.61 Å². The molecule has 0 amide bonds. The fourth-order valence-electron chi connectivity index (χ4n) is 2.52. The molecule has 1 saturated carbocycles. The van der Waals surface area contributed by atoms with Crippen molar-refractivity contribution in [1.82, 2.24) is 10.1 Å². The van der Waals surface area contributed by atoms with Crippen molar-refractivity contribution in [2.24, 2.45) is 5.92 Å². The Bertz CT molecular complexity index is 428. The SMILES string of the molecule is CCOC1(c2noc(CC#N)n2)CCC(C)CC1. The van der Waals surface area contributed by atoms with Crippen LogP contribution >= 0.6 is 0 Å². The van der Waals surface area contributed by atoms with Gasteiger partial charge in [0.2, 0.25) is 11.7 Å². The molecule has 0 bridgehead atoms. The molecule has 1 aliphatic carbocycles. The first kappa shape index (κ1) is 13.0. The summed E-state index contributed by atoms with van der Waals surface area (Å²) in [5.74, 6) is 1.72. The van der Waals surface area contributed by atoms with Gasteiger partial charge in [0.25, 0.3) is 0 Å². The first-order valence-corrected chi connectivity index (χ1v) is 6.54. The summed E-state index contributed by atoms with van der Waals surface area (Å²) in [7, 11) is 0. The van der Waals surface area contributed by atoms with Crippen LogP contribution in [0.3, 0.4) is 0 Å². The fourth-order valence-corrected chi connectivity index (χ4v) is 2.52. The van der Waals surface area contributed by atoms with Gasteiger partial charge in [-0.15, -0.1) is 0 Å². The van der Waals surface area contributed by atoms with Gasteiger partial charge in [-0.1, -0.05) is 12.1 Å². The van der Waals surface area contributed by atoms with Crippen LogP contribution in [0.25, 0.3) is 0 Å². The van der Waals surface area contributed by atoms with E-state index < -0.39 is 5.60 Å². The molecule has 2 rings (SSSR count). The summed E-state index contributed by atoms with van der Waals surface area (Å²) < 4.78 is 11.0. The Morgan fingerprint density at radius 3 is 2.83 bits per heavy atom. The Kier molecular flexibility index (Phi) is 3.97. The highest BCUT2D eigenvalue weighted by molar-refractivity contribution is 5.05. The fraction of sp³-hybridized carbons (Fsp3) is 0.769. The highest BCUT2D eigenvalue weighted by Gasteiger charge is 2.40. The maximum atomic E-state index is 8.63. The Labute approximate surface area is 107 Å². The highest BCUT2D eigenvalue weighted by atomic mass is 16.5. The van der Waals surface area contributed by atoms with Gasteiger partial charge in [-0.05, 0) is 38.5 Å². The van der Waals surface area contributed by atoms with E-state index in [1.54, 1.807) is 0 Å². The van der Waals surface area contributed by atoms with E-state index in [4.69, 9.17) is 14.5 Å². The third kappa shape index (κ3) is 2.54. The summed E-state index contributed by atoms with van der Waals surface area (Å²) in [4.78, 5) is 4.31. The maximum absolute atomic E-state index is 8.63. The van der Waals surface area contributed by atoms with Crippen molar-refractivity contribution in [3.05, 3.63) is 11.7 Å². The van der Waals surface area contributed by atoms with Gasteiger partial charge in [-0.3, -0.25) is 0 Å². The second-order valence-electron chi connectivity index (χ2n) is 4.96. The topological polar surface area (TPSA) is 71.9 Å². The molecule has 0 N–H and O–H groups in total. The molecule has 0 spiro atoms. The van der Waals surface area contributed by atoms with Crippen molar-refractivity contribution in [2.75, 3.05) is 6.61 Å². The number of rotatable bonds is 4. The summed E-state index contributed by atoms with van der Waals surface area (Å²) in [6, 6.07) is 2.01. The van der Waals surface area contributed by atoms with Crippen LogP contribution in [0.4, 0.5) is 0 Å². The van der Waals surface area contributed by atoms with Crippen LogP contribution in [0.2, 0.25) is 0 Å². The minimum absolute atomic E-state index is 0.158. The predicted octanol–water partition coefficient (Wildman–Crippen LogP) is 2.58. The van der Waals surface area contributed by atoms with E-state index in [0.29, 0.717) is 18.3 Å². The first-order chi connectivity index (χ1) is 8.70. The molecule has 18 heavy (non-hydrogen) atoms. The lowest BCUT2D eigenvalue weighted by Crippen LogP contribution is -2.35. The van der Waals surface area contributed by atoms with E-state index in [1.165, 1.54) is 0 Å². The molecule has 0 aliphatic heterocycles. The van der Waals surface area contributed by atoms with Crippen molar-refractivity contribution in [3.8, 4) is 6.07 Å². The molecule has 1 fully saturated rings. The van der Waals surface area contributed by atoms with E-state index >= 15 is 0 Å². The van der Waals surface area contributed by atoms with Crippen molar-refractivity contribution in [2.45, 2.75) is 51.6 Å². The van der Waals surface area contributed by atoms with E-state index in [2.05, 4.69) is 17.1 Å². The van der Waals surface area contributed by atoms with Crippen LogP contribution in [0.5, 0.6) is 0 Å². The summed E-state index contributed by atoms with van der Waals surface area (Å²) in [6.07, 6.45) is 4.23. The van der Waals surface area contributed by atoms with Crippen LogP contribution in [0.15, 0.2) is 4.52 Å². The smallest absolute Gasteiger partial charge is 0.240 e. The zero-order valence-electron chi connectivity index (χ0n) is 11.0. The molecule has 5 heteroatoms. The number of ether oxygens (including phenoxy) is 1. The lowest BCUT2D eigenvalue weighted by molar-refractivity contribution is -0.0847. The summed E-state index contributed by atoms with van der Waals surface area (Å²) in [5.41, 5.74) is -0.404. The summed E-state index contributed by atoms with van der Waals surface area (Å²) >= 11 is 0. The van der Waals surface area contributed by atoms with Gasteiger partial charge in [-0.2, -0.15) is 10.2 Å². The van der Waals surface area contributed by atoms with Crippen LogP contribution in [0, 0.1) is 17.2 Å². The van der Waals surface area contributed by atoms with Crippen LogP contribution < -0.4 is 0 Å². The van der Waals surface area contributed by atoms with Gasteiger partial charge in [0.15, 0.2) is 0 Å². The lowest BCUT2D eigenvalue weighted by Gasteiger charge is -2.36. The number of hydrogen-bond acceptors (Lipinski definition) is 5. The lowest BCUT2D eigenvalue weighted by atomic mass is 9.79. The summed E-state index contributed by atoms with van der Waals surface area (Å²) in [5, 5.41) is 12.6. The van der Waals surface area contributed by atoms with E-state index in [1.807, 2.05) is 13.0 Å². The van der Waals surface area contributed by atoms with Gasteiger partial charge in [0.05, 0.1) is 6.07 Å². The second-order valence-corrected chi connectivity index (χ2v) is 4.96. The first-order valence-electron chi connectivity index (χ1n) is 6.54. The normalized spacial score (nSPS) is 27.9. The average molecular weight is 249 g/mol. The monoisotopic (exact) mass is 249 g/mol. The van der Waals surface area contributed by atoms with E-state index in [-0.39, 0.29) is 6.42 Å². The van der Waals surface area contributed by atoms with Crippen LogP contribution in [0.1, 0.15) is 51.2 Å². The average Bonchev–Trinajstić information content (AvgIpc) is 2.82. The minimum atomic E-state index is -0.404. The molecular formula is C13H19N3O2. The van der Waals surface area contributed by atoms with Gasteiger partial charge in [0.1, 0.15) is 12.0 Å². The zero-order valence-corrected chi connectivity index (χ0v) is 11.0. The Morgan fingerprint density at radius 1 is 1.50 bits per heavy atom. The van der Waals surface area contributed by atoms with Crippen LogP contribution in [-0.2, 0) is 16.8 Å². The van der Waals surface area contributed by atoms with Gasteiger partial charge >= 0.3 is 0 Å². The molecule has 1 aromatic heterocycles. The number of nitrogens with zero attached hydrogens (tertiary/aromatic N) is 3. The molecule has 5 nitrogen and oxygen atoms in total. The number of hydrogen-bond donors (Lipinski definition) is 0. The molecule has 98 valence electrons. The van der Waals surface area contributed by atoms with Gasteiger partial charge < -0.3 is 9.26 Å². The predicted molar refractivity (Wildman–Crippen MR) is 64.6 cm³/mol. The Balaban J connectivity index is 2.20. The molecule has 0 saturated heterocycles. The van der Waals surface area contributed by atoms with E-state index in [0.717, 1.165) is 31.6 Å². The number of aromatic nitrogens is 2. The minimum Gasteiger partial charge on any atom is -0.367 e. The highest BCUT2D eigenvalue weighted by Crippen LogP contribution is 2.41. The van der Waals surface area contributed by atoms with Crippen molar-refractivity contribution in [3.63, 3.8) is 0 Å². The molecule has 0 atom stereocenters. The quantitative estimate of drug-likeness (QED) is 0.820. The largest absolute Gasteiger partial charge is 0.367 e. The molecule has 0 aromatic carbocycles. The number of nitriles is 1. The second kappa shape index (κ2) is 5.49. The molecular weight excluding hydrogens is 230 g/mol. The van der Waals surface area contributed by atoms with Crippen molar-refractivity contribution in [1.29, 1.82) is 5.26 Å². The van der Waals surface area contributed by atoms with Gasteiger partial charge in [-0.25, -0.2) is 0 Å². The van der Waals surface area contributed by atoms with Crippen LogP contribution in [-0.4, -0.2) is 16.7 Å². The molecule has 0 unspecified atom stereocenters. The summed E-state index contributed by atoms with van der Waals surface area (Å²) in [6.45, 7) is 4.87.